The van der Waals surface area contributed by atoms with Crippen molar-refractivity contribution in [3.05, 3.63) is 11.6 Å². The molecule has 8 atom stereocenters. The first-order valence-electron chi connectivity index (χ1n) is 13.9. The predicted molar refractivity (Wildman–Crippen MR) is 136 cm³/mol. The maximum absolute atomic E-state index is 12.6. The molecule has 0 radical (unpaired) electrons. The van der Waals surface area contributed by atoms with E-state index < -0.39 is 41.5 Å². The molecule has 0 bridgehead atoms. The van der Waals surface area contributed by atoms with Gasteiger partial charge in [-0.1, -0.05) is 24.6 Å². The van der Waals surface area contributed by atoms with Crippen molar-refractivity contribution >= 4 is 23.4 Å². The first-order chi connectivity index (χ1) is 18.0. The number of aliphatic carboxylic acids is 1. The fourth-order valence-electron chi connectivity index (χ4n) is 8.94. The topological polar surface area (TPSA) is 157 Å². The van der Waals surface area contributed by atoms with E-state index in [0.29, 0.717) is 45.1 Å². The van der Waals surface area contributed by atoms with E-state index in [9.17, 15) is 34.8 Å². The van der Waals surface area contributed by atoms with Crippen LogP contribution in [-0.2, 0) is 19.2 Å². The number of hydrogen-bond acceptors (Lipinski definition) is 8. The Morgan fingerprint density at radius 3 is 2.63 bits per heavy atom. The molecule has 0 aromatic rings. The molecule has 38 heavy (non-hydrogen) atoms. The molecule has 10 heteroatoms. The molecular formula is C28H40N2O8. The van der Waals surface area contributed by atoms with Gasteiger partial charge in [0.05, 0.1) is 11.8 Å². The van der Waals surface area contributed by atoms with Crippen LogP contribution in [0.25, 0.3) is 0 Å². The van der Waals surface area contributed by atoms with Gasteiger partial charge >= 0.3 is 5.97 Å². The van der Waals surface area contributed by atoms with Crippen LogP contribution in [0.1, 0.15) is 71.6 Å². The predicted octanol–water partition coefficient (Wildman–Crippen LogP) is 1.66. The highest BCUT2D eigenvalue weighted by molar-refractivity contribution is 5.96. The number of carbonyl (C=O) groups is 3. The SMILES string of the molecule is C[C@]12CC/C(=N\OCC(=O)N3CCC[C@H]3C(=O)O)C=C1CC[C@@H]1[C@@H]2[C@H](O)C[C@@]2(C)[C@H]1CC[C@]2(O)C(=O)CO. The van der Waals surface area contributed by atoms with E-state index in [1.54, 1.807) is 0 Å². The number of carbonyl (C=O) groups excluding carboxylic acids is 2. The summed E-state index contributed by atoms with van der Waals surface area (Å²) in [5, 5.41) is 45.9. The summed E-state index contributed by atoms with van der Waals surface area (Å²) >= 11 is 0. The third kappa shape index (κ3) is 4.02. The Morgan fingerprint density at radius 2 is 1.92 bits per heavy atom. The summed E-state index contributed by atoms with van der Waals surface area (Å²) in [6, 6.07) is -0.798. The third-order valence-electron chi connectivity index (χ3n) is 10.9. The van der Waals surface area contributed by atoms with E-state index in [-0.39, 0.29) is 35.7 Å². The number of fused-ring (bicyclic) bond motifs is 5. The molecule has 1 amide bonds. The van der Waals surface area contributed by atoms with Gasteiger partial charge in [-0.25, -0.2) is 4.79 Å². The summed E-state index contributed by atoms with van der Waals surface area (Å²) in [6.45, 7) is 3.53. The zero-order valence-electron chi connectivity index (χ0n) is 22.3. The van der Waals surface area contributed by atoms with Crippen molar-refractivity contribution in [2.24, 2.45) is 33.7 Å². The summed E-state index contributed by atoms with van der Waals surface area (Å²) in [5.74, 6) is -1.66. The van der Waals surface area contributed by atoms with Gasteiger partial charge in [0.25, 0.3) is 5.91 Å². The number of allylic oxidation sites excluding steroid dienone is 2. The first-order valence-corrected chi connectivity index (χ1v) is 13.9. The van der Waals surface area contributed by atoms with Crippen LogP contribution < -0.4 is 0 Å². The summed E-state index contributed by atoms with van der Waals surface area (Å²) in [5.41, 5.74) is -0.673. The summed E-state index contributed by atoms with van der Waals surface area (Å²) < 4.78 is 0. The molecule has 3 saturated carbocycles. The first kappa shape index (κ1) is 27.3. The van der Waals surface area contributed by atoms with Crippen molar-refractivity contribution in [2.75, 3.05) is 19.8 Å². The highest BCUT2D eigenvalue weighted by atomic mass is 16.6. The second-order valence-corrected chi connectivity index (χ2v) is 12.5. The highest BCUT2D eigenvalue weighted by Gasteiger charge is 2.68. The van der Waals surface area contributed by atoms with Crippen molar-refractivity contribution in [1.82, 2.24) is 4.90 Å². The van der Waals surface area contributed by atoms with E-state index in [1.807, 2.05) is 13.0 Å². The lowest BCUT2D eigenvalue weighted by molar-refractivity contribution is -0.181. The summed E-state index contributed by atoms with van der Waals surface area (Å²) in [4.78, 5) is 43.1. The average Bonchev–Trinajstić information content (AvgIpc) is 3.47. The van der Waals surface area contributed by atoms with Gasteiger partial charge in [0.2, 0.25) is 0 Å². The molecule has 0 aromatic heterocycles. The van der Waals surface area contributed by atoms with Crippen LogP contribution >= 0.6 is 0 Å². The Labute approximate surface area is 222 Å². The number of nitrogens with zero attached hydrogens (tertiary/aromatic N) is 2. The lowest BCUT2D eigenvalue weighted by Crippen LogP contribution is -2.62. The van der Waals surface area contributed by atoms with Crippen LogP contribution in [0.15, 0.2) is 16.8 Å². The monoisotopic (exact) mass is 532 g/mol. The Hall–Kier alpha value is -2.30. The molecule has 10 nitrogen and oxygen atoms in total. The number of hydrogen-bond donors (Lipinski definition) is 4. The van der Waals surface area contributed by atoms with Crippen molar-refractivity contribution in [1.29, 1.82) is 0 Å². The minimum atomic E-state index is -1.60. The molecular weight excluding hydrogens is 492 g/mol. The van der Waals surface area contributed by atoms with Crippen LogP contribution in [-0.4, -0.2) is 86.2 Å². The summed E-state index contributed by atoms with van der Waals surface area (Å²) in [6.07, 6.45) is 6.85. The zero-order chi connectivity index (χ0) is 27.5. The van der Waals surface area contributed by atoms with Gasteiger partial charge in [0.1, 0.15) is 18.2 Å². The van der Waals surface area contributed by atoms with Gasteiger partial charge in [0, 0.05) is 12.0 Å². The van der Waals surface area contributed by atoms with E-state index in [4.69, 9.17) is 4.84 Å². The molecule has 210 valence electrons. The molecule has 5 rings (SSSR count). The molecule has 1 heterocycles. The molecule has 1 aliphatic heterocycles. The lowest BCUT2D eigenvalue weighted by Gasteiger charge is -2.60. The lowest BCUT2D eigenvalue weighted by atomic mass is 9.45. The normalized spacial score (nSPS) is 43.2. The molecule has 4 N–H and O–H groups in total. The van der Waals surface area contributed by atoms with Gasteiger partial charge in [-0.2, -0.15) is 0 Å². The van der Waals surface area contributed by atoms with Crippen LogP contribution in [0.5, 0.6) is 0 Å². The third-order valence-corrected chi connectivity index (χ3v) is 10.9. The number of carboxylic acid groups (broad SMARTS) is 1. The standard InChI is InChI=1S/C28H40N2O8/c1-26-9-7-17(29-38-15-23(34)30-11-3-4-20(30)25(35)36)12-16(26)5-6-18-19-8-10-28(37,22(33)14-31)27(19,2)13-21(32)24(18)26/h12,18-21,24,31-32,37H,3-11,13-15H2,1-2H3,(H,35,36)/b29-17+/t18-,19-,20-,21+,24+,26-,27-,28-/m0/s1. The average molecular weight is 533 g/mol. The number of rotatable bonds is 6. The molecule has 4 aliphatic carbocycles. The number of aliphatic hydroxyl groups is 3. The van der Waals surface area contributed by atoms with E-state index in [1.165, 1.54) is 10.5 Å². The smallest absolute Gasteiger partial charge is 0.326 e. The fraction of sp³-hybridized carbons (Fsp3) is 0.786. The van der Waals surface area contributed by atoms with Crippen molar-refractivity contribution in [2.45, 2.75) is 89.4 Å². The van der Waals surface area contributed by atoms with Crippen molar-refractivity contribution in [3.63, 3.8) is 0 Å². The molecule has 4 fully saturated rings. The summed E-state index contributed by atoms with van der Waals surface area (Å²) in [7, 11) is 0. The minimum Gasteiger partial charge on any atom is -0.480 e. The van der Waals surface area contributed by atoms with E-state index in [0.717, 1.165) is 25.0 Å². The van der Waals surface area contributed by atoms with Gasteiger partial charge in [-0.05, 0) is 87.0 Å². The maximum Gasteiger partial charge on any atom is 0.326 e. The highest BCUT2D eigenvalue weighted by Crippen LogP contribution is 2.67. The number of oxime groups is 1. The number of Topliss-reactive ketones (excluding diaryl/α,β-unsaturated/α-hetero) is 1. The van der Waals surface area contributed by atoms with E-state index >= 15 is 0 Å². The largest absolute Gasteiger partial charge is 0.480 e. The molecule has 5 aliphatic rings. The molecule has 0 unspecified atom stereocenters. The number of amides is 1. The Morgan fingerprint density at radius 1 is 1.16 bits per heavy atom. The number of aliphatic hydroxyl groups excluding tert-OH is 2. The molecule has 0 spiro atoms. The number of carboxylic acids is 1. The Kier molecular flexibility index (Phi) is 6.97. The second-order valence-electron chi connectivity index (χ2n) is 12.5. The zero-order valence-corrected chi connectivity index (χ0v) is 22.3. The van der Waals surface area contributed by atoms with Gasteiger partial charge in [0.15, 0.2) is 12.4 Å². The molecule has 0 aromatic carbocycles. The quantitative estimate of drug-likeness (QED) is 0.376. The molecule has 1 saturated heterocycles. The number of ketones is 1. The van der Waals surface area contributed by atoms with E-state index in [2.05, 4.69) is 12.1 Å². The van der Waals surface area contributed by atoms with Gasteiger partial charge < -0.3 is 30.2 Å². The van der Waals surface area contributed by atoms with Crippen LogP contribution in [0.2, 0.25) is 0 Å². The maximum atomic E-state index is 12.6. The fourth-order valence-corrected chi connectivity index (χ4v) is 8.94. The van der Waals surface area contributed by atoms with Crippen LogP contribution in [0.3, 0.4) is 0 Å². The van der Waals surface area contributed by atoms with Crippen LogP contribution in [0, 0.1) is 28.6 Å². The number of likely N-dealkylation sites (tertiary alicyclic amines) is 1. The van der Waals surface area contributed by atoms with Gasteiger partial charge in [-0.15, -0.1) is 0 Å². The second kappa shape index (κ2) is 9.71. The van der Waals surface area contributed by atoms with Crippen molar-refractivity contribution in [3.8, 4) is 0 Å². The van der Waals surface area contributed by atoms with Gasteiger partial charge in [-0.3, -0.25) is 9.59 Å². The Bertz CT molecular complexity index is 1070. The van der Waals surface area contributed by atoms with Crippen molar-refractivity contribution < 1.29 is 39.6 Å². The van der Waals surface area contributed by atoms with Crippen LogP contribution in [0.4, 0.5) is 0 Å². The minimum absolute atomic E-state index is 0.000631. The Balaban J connectivity index is 1.29.